The van der Waals surface area contributed by atoms with E-state index in [0.717, 1.165) is 12.8 Å². The summed E-state index contributed by atoms with van der Waals surface area (Å²) in [4.78, 5) is 23.7. The summed E-state index contributed by atoms with van der Waals surface area (Å²) in [6, 6.07) is 1.44. The predicted octanol–water partition coefficient (Wildman–Crippen LogP) is 3.15. The molecule has 0 bridgehead atoms. The molecular weight excluding hydrogens is 412 g/mol. The summed E-state index contributed by atoms with van der Waals surface area (Å²) in [5.74, 6) is 0.115. The minimum absolute atomic E-state index is 0.0119. The molecule has 1 aromatic carbocycles. The first-order chi connectivity index (χ1) is 14.9. The molecule has 2 aliphatic carbocycles. The molecule has 7 nitrogen and oxygen atoms in total. The van der Waals surface area contributed by atoms with Gasteiger partial charge < -0.3 is 24.8 Å². The number of fused-ring (bicyclic) bond motifs is 3. The second-order valence-corrected chi connectivity index (χ2v) is 10.8. The lowest BCUT2D eigenvalue weighted by atomic mass is 9.43. The smallest absolute Gasteiger partial charge is 0.303 e. The number of benzene rings is 1. The number of aromatic hydroxyl groups is 1. The lowest BCUT2D eigenvalue weighted by Crippen LogP contribution is -2.69. The van der Waals surface area contributed by atoms with E-state index < -0.39 is 34.6 Å². The van der Waals surface area contributed by atoms with E-state index in [1.807, 2.05) is 13.8 Å². The maximum Gasteiger partial charge on any atom is 0.303 e. The molecule has 7 heteroatoms. The molecule has 32 heavy (non-hydrogen) atoms. The van der Waals surface area contributed by atoms with Gasteiger partial charge in [0.1, 0.15) is 23.2 Å². The van der Waals surface area contributed by atoms with Crippen molar-refractivity contribution in [1.82, 2.24) is 0 Å². The number of phenols is 1. The minimum atomic E-state index is -0.864. The Morgan fingerprint density at radius 2 is 2.00 bits per heavy atom. The molecule has 176 valence electrons. The lowest BCUT2D eigenvalue weighted by molar-refractivity contribution is -0.246. The molecule has 1 heterocycles. The van der Waals surface area contributed by atoms with Gasteiger partial charge in [-0.05, 0) is 42.7 Å². The van der Waals surface area contributed by atoms with E-state index >= 15 is 0 Å². The minimum Gasteiger partial charge on any atom is -0.508 e. The van der Waals surface area contributed by atoms with Gasteiger partial charge in [0.05, 0.1) is 18.3 Å². The van der Waals surface area contributed by atoms with Crippen LogP contribution in [0.25, 0.3) is 0 Å². The molecule has 2 saturated carbocycles. The Labute approximate surface area is 188 Å². The Balaban J connectivity index is 1.84. The molecule has 2 fully saturated rings. The zero-order valence-corrected chi connectivity index (χ0v) is 19.5. The highest BCUT2D eigenvalue weighted by Gasteiger charge is 2.69. The molecule has 0 aromatic heterocycles. The fraction of sp³-hybridized carbons (Fsp3) is 0.680. The standard InChI is InChI=1S/C25H34O7/c1-13-6-7-20-23(3,4)22(31-14(2)28)19(30)10-24(20,5)25(13)9-16-18(29)8-15(11-26)17(12-27)21(16)32-25/h8,12-13,19-20,22,26,29-30H,6-7,9-11H2,1-5H3/t13-,19+,20-,22+,24-,25+/m0/s1. The lowest BCUT2D eigenvalue weighted by Gasteiger charge is -2.65. The van der Waals surface area contributed by atoms with Gasteiger partial charge in [-0.3, -0.25) is 9.59 Å². The third kappa shape index (κ3) is 2.93. The normalized spacial score (nSPS) is 37.3. The van der Waals surface area contributed by atoms with Crippen LogP contribution in [0.5, 0.6) is 11.5 Å². The van der Waals surface area contributed by atoms with E-state index in [-0.39, 0.29) is 29.8 Å². The molecule has 1 spiro atoms. The first-order valence-corrected chi connectivity index (χ1v) is 11.4. The van der Waals surface area contributed by atoms with Crippen molar-refractivity contribution in [3.63, 3.8) is 0 Å². The second kappa shape index (κ2) is 7.45. The van der Waals surface area contributed by atoms with Gasteiger partial charge in [0.25, 0.3) is 0 Å². The van der Waals surface area contributed by atoms with Gasteiger partial charge in [-0.1, -0.05) is 27.7 Å². The molecule has 0 amide bonds. The molecule has 3 aliphatic rings. The van der Waals surface area contributed by atoms with Crippen LogP contribution in [-0.2, 0) is 22.6 Å². The fourth-order valence-corrected chi connectivity index (χ4v) is 7.36. The Hall–Kier alpha value is -2.12. The molecule has 0 saturated heterocycles. The number of hydrogen-bond donors (Lipinski definition) is 3. The Kier molecular flexibility index (Phi) is 5.37. The Bertz CT molecular complexity index is 954. The van der Waals surface area contributed by atoms with Crippen molar-refractivity contribution in [2.75, 3.05) is 0 Å². The zero-order valence-electron chi connectivity index (χ0n) is 19.5. The molecule has 1 aliphatic heterocycles. The second-order valence-electron chi connectivity index (χ2n) is 10.8. The average Bonchev–Trinajstić information content (AvgIpc) is 3.12. The summed E-state index contributed by atoms with van der Waals surface area (Å²) in [5.41, 5.74) is -0.584. The summed E-state index contributed by atoms with van der Waals surface area (Å²) in [5, 5.41) is 31.6. The molecular formula is C25H34O7. The molecule has 4 rings (SSSR count). The number of esters is 1. The number of ether oxygens (including phenoxy) is 2. The summed E-state index contributed by atoms with van der Waals surface area (Å²) >= 11 is 0. The predicted molar refractivity (Wildman–Crippen MR) is 116 cm³/mol. The van der Waals surface area contributed by atoms with Crippen LogP contribution in [0.15, 0.2) is 6.07 Å². The van der Waals surface area contributed by atoms with Crippen molar-refractivity contribution >= 4 is 12.3 Å². The summed E-state index contributed by atoms with van der Waals surface area (Å²) in [6.07, 6.45) is 1.74. The molecule has 6 atom stereocenters. The number of aliphatic hydroxyl groups is 2. The maximum atomic E-state index is 11.9. The largest absolute Gasteiger partial charge is 0.508 e. The van der Waals surface area contributed by atoms with Crippen LogP contribution in [-0.4, -0.2) is 45.4 Å². The monoisotopic (exact) mass is 446 g/mol. The van der Waals surface area contributed by atoms with Gasteiger partial charge in [-0.25, -0.2) is 0 Å². The molecule has 0 unspecified atom stereocenters. The van der Waals surface area contributed by atoms with Crippen LogP contribution in [0, 0.1) is 22.7 Å². The Morgan fingerprint density at radius 3 is 2.59 bits per heavy atom. The number of carbonyl (C=O) groups is 2. The SMILES string of the molecule is CC(=O)O[C@@H]1[C@H](O)C[C@@]2(C)[C@@H](CC[C@H](C)[C@]23Cc2c(O)cc(CO)c(C=O)c2O3)C1(C)C. The quantitative estimate of drug-likeness (QED) is 0.483. The molecule has 0 radical (unpaired) electrons. The fourth-order valence-electron chi connectivity index (χ4n) is 7.36. The summed E-state index contributed by atoms with van der Waals surface area (Å²) in [7, 11) is 0. The van der Waals surface area contributed by atoms with Gasteiger partial charge in [-0.2, -0.15) is 0 Å². The van der Waals surface area contributed by atoms with E-state index in [4.69, 9.17) is 9.47 Å². The van der Waals surface area contributed by atoms with Crippen molar-refractivity contribution < 1.29 is 34.4 Å². The first-order valence-electron chi connectivity index (χ1n) is 11.4. The van der Waals surface area contributed by atoms with Crippen LogP contribution >= 0.6 is 0 Å². The van der Waals surface area contributed by atoms with Crippen molar-refractivity contribution in [3.8, 4) is 11.5 Å². The van der Waals surface area contributed by atoms with Crippen LogP contribution in [0.1, 0.15) is 75.4 Å². The summed E-state index contributed by atoms with van der Waals surface area (Å²) in [6.45, 7) is 9.30. The maximum absolute atomic E-state index is 11.9. The van der Waals surface area contributed by atoms with Gasteiger partial charge in [0, 0.05) is 29.7 Å². The van der Waals surface area contributed by atoms with E-state index in [2.05, 4.69) is 13.8 Å². The van der Waals surface area contributed by atoms with Crippen LogP contribution < -0.4 is 4.74 Å². The third-order valence-electron chi connectivity index (χ3n) is 8.82. The van der Waals surface area contributed by atoms with Crippen LogP contribution in [0.2, 0.25) is 0 Å². The summed E-state index contributed by atoms with van der Waals surface area (Å²) < 4.78 is 12.3. The van der Waals surface area contributed by atoms with Gasteiger partial charge in [-0.15, -0.1) is 0 Å². The highest BCUT2D eigenvalue weighted by atomic mass is 16.6. The number of phenolic OH excluding ortho intramolecular Hbond substituents is 1. The van der Waals surface area contributed by atoms with Crippen molar-refractivity contribution in [1.29, 1.82) is 0 Å². The number of rotatable bonds is 3. The van der Waals surface area contributed by atoms with Crippen LogP contribution in [0.4, 0.5) is 0 Å². The van der Waals surface area contributed by atoms with Crippen molar-refractivity contribution in [2.24, 2.45) is 22.7 Å². The van der Waals surface area contributed by atoms with E-state index in [1.165, 1.54) is 13.0 Å². The van der Waals surface area contributed by atoms with Gasteiger partial charge >= 0.3 is 5.97 Å². The first kappa shape index (κ1) is 23.1. The van der Waals surface area contributed by atoms with Crippen molar-refractivity contribution in [2.45, 2.75) is 84.7 Å². The Morgan fingerprint density at radius 1 is 1.31 bits per heavy atom. The highest BCUT2D eigenvalue weighted by molar-refractivity contribution is 5.84. The number of aldehydes is 1. The van der Waals surface area contributed by atoms with E-state index in [9.17, 15) is 24.9 Å². The number of aliphatic hydroxyl groups excluding tert-OH is 2. The van der Waals surface area contributed by atoms with Gasteiger partial charge in [0.2, 0.25) is 0 Å². The van der Waals surface area contributed by atoms with Gasteiger partial charge in [0.15, 0.2) is 6.29 Å². The number of carbonyl (C=O) groups excluding carboxylic acids is 2. The van der Waals surface area contributed by atoms with Crippen LogP contribution in [0.3, 0.4) is 0 Å². The van der Waals surface area contributed by atoms with E-state index in [0.29, 0.717) is 36.0 Å². The topological polar surface area (TPSA) is 113 Å². The highest BCUT2D eigenvalue weighted by Crippen LogP contribution is 2.67. The van der Waals surface area contributed by atoms with E-state index in [1.54, 1.807) is 0 Å². The van der Waals surface area contributed by atoms with Crippen molar-refractivity contribution in [3.05, 3.63) is 22.8 Å². The number of hydrogen-bond acceptors (Lipinski definition) is 7. The molecule has 1 aromatic rings. The zero-order chi connectivity index (χ0) is 23.6. The average molecular weight is 447 g/mol. The third-order valence-corrected chi connectivity index (χ3v) is 8.82. The molecule has 3 N–H and O–H groups in total.